The molecule has 1 aromatic heterocycles. The third kappa shape index (κ3) is 5.99. The zero-order valence-electron chi connectivity index (χ0n) is 13.4. The van der Waals surface area contributed by atoms with E-state index in [1.165, 1.54) is 0 Å². The first-order valence-corrected chi connectivity index (χ1v) is 7.34. The van der Waals surface area contributed by atoms with Gasteiger partial charge in [-0.05, 0) is 27.2 Å². The summed E-state index contributed by atoms with van der Waals surface area (Å²) < 4.78 is 1.67. The number of rotatable bonds is 7. The SMILES string of the molecule is C/C=C/CCNC(=NCC(C)(O)c1cnn(C)c1)NCC. The molecular weight excluding hydrogens is 266 g/mol. The van der Waals surface area contributed by atoms with Crippen molar-refractivity contribution in [3.05, 3.63) is 30.1 Å². The number of aliphatic imine (C=N–C) groups is 1. The van der Waals surface area contributed by atoms with Gasteiger partial charge in [-0.15, -0.1) is 0 Å². The van der Waals surface area contributed by atoms with Crippen LogP contribution in [0.1, 0.15) is 32.8 Å². The van der Waals surface area contributed by atoms with E-state index in [0.717, 1.165) is 25.1 Å². The van der Waals surface area contributed by atoms with Gasteiger partial charge in [0.2, 0.25) is 0 Å². The molecule has 0 bridgehead atoms. The van der Waals surface area contributed by atoms with Crippen molar-refractivity contribution in [2.24, 2.45) is 12.0 Å². The molecule has 1 rings (SSSR count). The van der Waals surface area contributed by atoms with Crippen LogP contribution in [0.4, 0.5) is 0 Å². The maximum atomic E-state index is 10.5. The fourth-order valence-electron chi connectivity index (χ4n) is 1.81. The second-order valence-electron chi connectivity index (χ2n) is 5.16. The number of hydrogen-bond donors (Lipinski definition) is 3. The van der Waals surface area contributed by atoms with Gasteiger partial charge in [-0.3, -0.25) is 4.68 Å². The van der Waals surface area contributed by atoms with Crippen molar-refractivity contribution in [3.63, 3.8) is 0 Å². The molecule has 0 aliphatic heterocycles. The molecule has 6 nitrogen and oxygen atoms in total. The van der Waals surface area contributed by atoms with Crippen LogP contribution in [0.3, 0.4) is 0 Å². The lowest BCUT2D eigenvalue weighted by atomic mass is 10.0. The van der Waals surface area contributed by atoms with Crippen molar-refractivity contribution in [2.45, 2.75) is 32.8 Å². The van der Waals surface area contributed by atoms with Gasteiger partial charge < -0.3 is 15.7 Å². The molecule has 0 aliphatic carbocycles. The summed E-state index contributed by atoms with van der Waals surface area (Å²) in [6, 6.07) is 0. The van der Waals surface area contributed by atoms with Crippen LogP contribution in [0.2, 0.25) is 0 Å². The summed E-state index contributed by atoms with van der Waals surface area (Å²) in [5.74, 6) is 0.714. The zero-order chi connectivity index (χ0) is 15.7. The smallest absolute Gasteiger partial charge is 0.191 e. The van der Waals surface area contributed by atoms with E-state index >= 15 is 0 Å². The molecular formula is C15H27N5O. The number of allylic oxidation sites excluding steroid dienone is 1. The predicted octanol–water partition coefficient (Wildman–Crippen LogP) is 1.15. The van der Waals surface area contributed by atoms with E-state index in [-0.39, 0.29) is 6.54 Å². The Labute approximate surface area is 127 Å². The Morgan fingerprint density at radius 2 is 2.29 bits per heavy atom. The molecule has 0 fully saturated rings. The summed E-state index contributed by atoms with van der Waals surface area (Å²) in [5.41, 5.74) is -0.265. The van der Waals surface area contributed by atoms with Crippen LogP contribution in [0.15, 0.2) is 29.5 Å². The molecule has 0 aliphatic rings. The Hall–Kier alpha value is -1.82. The fraction of sp³-hybridized carbons (Fsp3) is 0.600. The van der Waals surface area contributed by atoms with Crippen LogP contribution in [0.25, 0.3) is 0 Å². The van der Waals surface area contributed by atoms with E-state index in [2.05, 4.69) is 26.8 Å². The minimum atomic E-state index is -1.03. The molecule has 21 heavy (non-hydrogen) atoms. The molecule has 0 radical (unpaired) electrons. The number of hydrogen-bond acceptors (Lipinski definition) is 3. The monoisotopic (exact) mass is 293 g/mol. The Kier molecular flexibility index (Phi) is 6.94. The molecule has 3 N–H and O–H groups in total. The van der Waals surface area contributed by atoms with E-state index < -0.39 is 5.60 Å². The molecule has 118 valence electrons. The number of nitrogens with one attached hydrogen (secondary N) is 2. The first-order valence-electron chi connectivity index (χ1n) is 7.34. The van der Waals surface area contributed by atoms with E-state index in [1.807, 2.05) is 33.2 Å². The molecule has 1 heterocycles. The highest BCUT2D eigenvalue weighted by Crippen LogP contribution is 2.19. The standard InChI is InChI=1S/C15H27N5O/c1-5-7-8-9-17-14(16-6-2)18-12-15(3,21)13-10-19-20(4)11-13/h5,7,10-11,21H,6,8-9,12H2,1-4H3,(H2,16,17,18)/b7-5+. The molecule has 1 aromatic rings. The molecule has 1 unspecified atom stereocenters. The minimum Gasteiger partial charge on any atom is -0.383 e. The van der Waals surface area contributed by atoms with Gasteiger partial charge in [-0.2, -0.15) is 5.10 Å². The van der Waals surface area contributed by atoms with Crippen LogP contribution in [0, 0.1) is 0 Å². The van der Waals surface area contributed by atoms with Crippen molar-refractivity contribution in [1.29, 1.82) is 0 Å². The van der Waals surface area contributed by atoms with E-state index in [4.69, 9.17) is 0 Å². The third-order valence-electron chi connectivity index (χ3n) is 3.06. The number of guanidine groups is 1. The topological polar surface area (TPSA) is 74.5 Å². The Balaban J connectivity index is 2.63. The number of aliphatic hydroxyl groups is 1. The van der Waals surface area contributed by atoms with Gasteiger partial charge in [0.25, 0.3) is 0 Å². The lowest BCUT2D eigenvalue weighted by Crippen LogP contribution is -2.39. The van der Waals surface area contributed by atoms with Crippen LogP contribution in [-0.2, 0) is 12.6 Å². The molecule has 6 heteroatoms. The molecule has 0 spiro atoms. The van der Waals surface area contributed by atoms with Gasteiger partial charge in [0.1, 0.15) is 5.60 Å². The van der Waals surface area contributed by atoms with Crippen molar-refractivity contribution in [1.82, 2.24) is 20.4 Å². The number of aryl methyl sites for hydroxylation is 1. The summed E-state index contributed by atoms with van der Waals surface area (Å²) in [5, 5.41) is 21.0. The van der Waals surface area contributed by atoms with Crippen molar-refractivity contribution >= 4 is 5.96 Å². The highest BCUT2D eigenvalue weighted by Gasteiger charge is 2.24. The average Bonchev–Trinajstić information content (AvgIpc) is 2.88. The molecule has 1 atom stereocenters. The Bertz CT molecular complexity index is 476. The van der Waals surface area contributed by atoms with Gasteiger partial charge in [-0.1, -0.05) is 12.2 Å². The summed E-state index contributed by atoms with van der Waals surface area (Å²) in [6.07, 6.45) is 8.55. The van der Waals surface area contributed by atoms with Crippen LogP contribution >= 0.6 is 0 Å². The van der Waals surface area contributed by atoms with E-state index in [0.29, 0.717) is 5.96 Å². The summed E-state index contributed by atoms with van der Waals surface area (Å²) in [7, 11) is 1.83. The van der Waals surface area contributed by atoms with Crippen molar-refractivity contribution in [2.75, 3.05) is 19.6 Å². The molecule has 0 amide bonds. The fourth-order valence-corrected chi connectivity index (χ4v) is 1.81. The molecule has 0 saturated carbocycles. The van der Waals surface area contributed by atoms with Gasteiger partial charge in [0, 0.05) is 31.9 Å². The number of nitrogens with zero attached hydrogens (tertiary/aromatic N) is 3. The maximum absolute atomic E-state index is 10.5. The van der Waals surface area contributed by atoms with Crippen molar-refractivity contribution in [3.8, 4) is 0 Å². The van der Waals surface area contributed by atoms with Crippen LogP contribution in [-0.4, -0.2) is 40.5 Å². The summed E-state index contributed by atoms with van der Waals surface area (Å²) >= 11 is 0. The average molecular weight is 293 g/mol. The lowest BCUT2D eigenvalue weighted by Gasteiger charge is -2.20. The van der Waals surface area contributed by atoms with Gasteiger partial charge in [0.15, 0.2) is 5.96 Å². The second kappa shape index (κ2) is 8.46. The molecule has 0 saturated heterocycles. The maximum Gasteiger partial charge on any atom is 0.191 e. The van der Waals surface area contributed by atoms with E-state index in [1.54, 1.807) is 17.8 Å². The zero-order valence-corrected chi connectivity index (χ0v) is 13.4. The quantitative estimate of drug-likeness (QED) is 0.305. The van der Waals surface area contributed by atoms with Gasteiger partial charge >= 0.3 is 0 Å². The first kappa shape index (κ1) is 17.2. The summed E-state index contributed by atoms with van der Waals surface area (Å²) in [6.45, 7) is 7.64. The van der Waals surface area contributed by atoms with Crippen LogP contribution in [0.5, 0.6) is 0 Å². The van der Waals surface area contributed by atoms with Crippen LogP contribution < -0.4 is 10.6 Å². The second-order valence-corrected chi connectivity index (χ2v) is 5.16. The summed E-state index contributed by atoms with van der Waals surface area (Å²) in [4.78, 5) is 4.45. The van der Waals surface area contributed by atoms with Gasteiger partial charge in [0.05, 0.1) is 12.7 Å². The van der Waals surface area contributed by atoms with E-state index in [9.17, 15) is 5.11 Å². The Morgan fingerprint density at radius 3 is 2.86 bits per heavy atom. The normalized spacial score (nSPS) is 15.2. The highest BCUT2D eigenvalue weighted by molar-refractivity contribution is 5.79. The highest BCUT2D eigenvalue weighted by atomic mass is 16.3. The molecule has 0 aromatic carbocycles. The van der Waals surface area contributed by atoms with Gasteiger partial charge in [-0.25, -0.2) is 4.99 Å². The first-order chi connectivity index (χ1) is 9.99. The lowest BCUT2D eigenvalue weighted by molar-refractivity contribution is 0.0672. The largest absolute Gasteiger partial charge is 0.383 e. The minimum absolute atomic E-state index is 0.275. The predicted molar refractivity (Wildman–Crippen MR) is 86.2 cm³/mol. The number of aromatic nitrogens is 2. The third-order valence-corrected chi connectivity index (χ3v) is 3.06. The Morgan fingerprint density at radius 1 is 1.52 bits per heavy atom. The van der Waals surface area contributed by atoms with Crippen molar-refractivity contribution < 1.29 is 5.11 Å².